The van der Waals surface area contributed by atoms with Crippen LogP contribution >= 0.6 is 27.3 Å². The van der Waals surface area contributed by atoms with Crippen molar-refractivity contribution in [2.45, 2.75) is 33.2 Å². The van der Waals surface area contributed by atoms with Crippen molar-refractivity contribution in [2.75, 3.05) is 6.54 Å². The number of amides is 1. The van der Waals surface area contributed by atoms with Gasteiger partial charge in [0.1, 0.15) is 0 Å². The monoisotopic (exact) mass is 301 g/mol. The fourth-order valence-electron chi connectivity index (χ4n) is 2.29. The topological polar surface area (TPSA) is 20.3 Å². The Bertz CT molecular complexity index is 396. The molecule has 2 unspecified atom stereocenters. The van der Waals surface area contributed by atoms with Gasteiger partial charge in [-0.3, -0.25) is 4.79 Å². The molecule has 2 rings (SSSR count). The Morgan fingerprint density at radius 2 is 2.25 bits per heavy atom. The Morgan fingerprint density at radius 1 is 1.56 bits per heavy atom. The average Bonchev–Trinajstić information content (AvgIpc) is 2.70. The maximum Gasteiger partial charge on any atom is 0.264 e. The number of halogens is 1. The molecule has 1 aromatic heterocycles. The molecule has 2 atom stereocenters. The highest BCUT2D eigenvalue weighted by Gasteiger charge is 2.31. The summed E-state index contributed by atoms with van der Waals surface area (Å²) in [5.41, 5.74) is 1.15. The van der Waals surface area contributed by atoms with Crippen molar-refractivity contribution < 1.29 is 4.79 Å². The zero-order valence-corrected chi connectivity index (χ0v) is 12.2. The molecule has 0 bridgehead atoms. The number of likely N-dealkylation sites (tertiary alicyclic amines) is 1. The van der Waals surface area contributed by atoms with Crippen molar-refractivity contribution in [3.63, 3.8) is 0 Å². The van der Waals surface area contributed by atoms with E-state index in [4.69, 9.17) is 0 Å². The van der Waals surface area contributed by atoms with Crippen LogP contribution < -0.4 is 0 Å². The van der Waals surface area contributed by atoms with Gasteiger partial charge in [-0.15, -0.1) is 11.3 Å². The predicted octanol–water partition coefficient (Wildman–Crippen LogP) is 3.69. The quantitative estimate of drug-likeness (QED) is 0.775. The summed E-state index contributed by atoms with van der Waals surface area (Å²) in [5.74, 6) is 0.819. The minimum atomic E-state index is 0.190. The van der Waals surface area contributed by atoms with E-state index in [1.54, 1.807) is 0 Å². The number of carbonyl (C=O) groups excluding carboxylic acids is 1. The van der Waals surface area contributed by atoms with Gasteiger partial charge in [0.2, 0.25) is 0 Å². The van der Waals surface area contributed by atoms with Gasteiger partial charge in [0.05, 0.1) is 8.66 Å². The number of hydrogen-bond donors (Lipinski definition) is 0. The number of nitrogens with zero attached hydrogens (tertiary/aromatic N) is 1. The molecule has 0 N–H and O–H groups in total. The first-order valence-electron chi connectivity index (χ1n) is 5.56. The number of carbonyl (C=O) groups is 1. The summed E-state index contributed by atoms with van der Waals surface area (Å²) in [6.07, 6.45) is 1.12. The lowest BCUT2D eigenvalue weighted by Gasteiger charge is -2.20. The van der Waals surface area contributed by atoms with Gasteiger partial charge in [-0.25, -0.2) is 0 Å². The summed E-state index contributed by atoms with van der Waals surface area (Å²) in [5, 5.41) is 0. The average molecular weight is 302 g/mol. The molecule has 1 fully saturated rings. The molecule has 88 valence electrons. The highest BCUT2D eigenvalue weighted by atomic mass is 79.9. The first kappa shape index (κ1) is 12.1. The van der Waals surface area contributed by atoms with E-state index in [-0.39, 0.29) is 5.91 Å². The van der Waals surface area contributed by atoms with E-state index in [0.29, 0.717) is 12.0 Å². The van der Waals surface area contributed by atoms with E-state index in [1.165, 1.54) is 11.3 Å². The lowest BCUT2D eigenvalue weighted by molar-refractivity contribution is 0.0748. The SMILES string of the molecule is Cc1cc(C(=O)N2CC(C)CC2C)sc1Br. The zero-order valence-electron chi connectivity index (χ0n) is 9.79. The molecule has 0 spiro atoms. The van der Waals surface area contributed by atoms with Crippen molar-refractivity contribution in [2.24, 2.45) is 5.92 Å². The summed E-state index contributed by atoms with van der Waals surface area (Å²) in [6, 6.07) is 2.36. The molecule has 2 nitrogen and oxygen atoms in total. The van der Waals surface area contributed by atoms with Gasteiger partial charge in [-0.05, 0) is 53.7 Å². The largest absolute Gasteiger partial charge is 0.335 e. The molecule has 1 aliphatic rings. The summed E-state index contributed by atoms with van der Waals surface area (Å²) < 4.78 is 1.07. The van der Waals surface area contributed by atoms with Crippen molar-refractivity contribution in [1.82, 2.24) is 4.90 Å². The normalized spacial score (nSPS) is 25.1. The number of hydrogen-bond acceptors (Lipinski definition) is 2. The minimum Gasteiger partial charge on any atom is -0.335 e. The second-order valence-corrected chi connectivity index (χ2v) is 7.08. The van der Waals surface area contributed by atoms with E-state index < -0.39 is 0 Å². The van der Waals surface area contributed by atoms with E-state index in [2.05, 4.69) is 29.8 Å². The van der Waals surface area contributed by atoms with Crippen LogP contribution in [-0.4, -0.2) is 23.4 Å². The Balaban J connectivity index is 2.19. The highest BCUT2D eigenvalue weighted by molar-refractivity contribution is 9.11. The molecule has 2 heterocycles. The second kappa shape index (κ2) is 4.49. The fraction of sp³-hybridized carbons (Fsp3) is 0.583. The zero-order chi connectivity index (χ0) is 11.9. The Kier molecular flexibility index (Phi) is 3.40. The van der Waals surface area contributed by atoms with Crippen molar-refractivity contribution in [3.8, 4) is 0 Å². The van der Waals surface area contributed by atoms with E-state index in [0.717, 1.165) is 27.2 Å². The third-order valence-corrected chi connectivity index (χ3v) is 5.24. The van der Waals surface area contributed by atoms with E-state index >= 15 is 0 Å². The van der Waals surface area contributed by atoms with Gasteiger partial charge < -0.3 is 4.90 Å². The van der Waals surface area contributed by atoms with Crippen molar-refractivity contribution >= 4 is 33.2 Å². The molecule has 1 amide bonds. The molecular formula is C12H16BrNOS. The highest BCUT2D eigenvalue weighted by Crippen LogP contribution is 2.31. The number of thiophene rings is 1. The molecule has 0 aliphatic carbocycles. The molecule has 0 saturated carbocycles. The van der Waals surface area contributed by atoms with Gasteiger partial charge in [-0.1, -0.05) is 6.92 Å². The first-order chi connectivity index (χ1) is 7.49. The smallest absolute Gasteiger partial charge is 0.264 e. The number of rotatable bonds is 1. The van der Waals surface area contributed by atoms with Crippen LogP contribution in [0.25, 0.3) is 0 Å². The van der Waals surface area contributed by atoms with Crippen LogP contribution in [0.15, 0.2) is 9.85 Å². The molecule has 16 heavy (non-hydrogen) atoms. The third kappa shape index (κ3) is 2.18. The van der Waals surface area contributed by atoms with Crippen LogP contribution in [0.2, 0.25) is 0 Å². The minimum absolute atomic E-state index is 0.190. The fourth-order valence-corrected chi connectivity index (χ4v) is 3.78. The van der Waals surface area contributed by atoms with Gasteiger partial charge in [0, 0.05) is 12.6 Å². The Morgan fingerprint density at radius 3 is 2.69 bits per heavy atom. The predicted molar refractivity (Wildman–Crippen MR) is 71.0 cm³/mol. The summed E-state index contributed by atoms with van der Waals surface area (Å²) in [4.78, 5) is 15.1. The second-order valence-electron chi connectivity index (χ2n) is 4.71. The first-order valence-corrected chi connectivity index (χ1v) is 7.17. The van der Waals surface area contributed by atoms with Crippen LogP contribution in [0.1, 0.15) is 35.5 Å². The van der Waals surface area contributed by atoms with Crippen molar-refractivity contribution in [3.05, 3.63) is 20.3 Å². The molecule has 1 saturated heterocycles. The molecule has 0 radical (unpaired) electrons. The van der Waals surface area contributed by atoms with Gasteiger partial charge in [0.25, 0.3) is 5.91 Å². The van der Waals surface area contributed by atoms with Crippen LogP contribution in [-0.2, 0) is 0 Å². The Labute approximate surface area is 109 Å². The molecule has 0 aromatic carbocycles. The summed E-state index contributed by atoms with van der Waals surface area (Å²) >= 11 is 5.01. The standard InChI is InChI=1S/C12H16BrNOS/c1-7-4-9(3)14(6-7)12(15)10-5-8(2)11(13)16-10/h5,7,9H,4,6H2,1-3H3. The van der Waals surface area contributed by atoms with Gasteiger partial charge >= 0.3 is 0 Å². The van der Waals surface area contributed by atoms with E-state index in [9.17, 15) is 4.79 Å². The number of aryl methyl sites for hydroxylation is 1. The third-order valence-electron chi connectivity index (χ3n) is 3.11. The molecular weight excluding hydrogens is 286 g/mol. The summed E-state index contributed by atoms with van der Waals surface area (Å²) in [6.45, 7) is 7.26. The molecule has 4 heteroatoms. The molecule has 1 aliphatic heterocycles. The lowest BCUT2D eigenvalue weighted by atomic mass is 10.1. The van der Waals surface area contributed by atoms with Gasteiger partial charge in [0.15, 0.2) is 0 Å². The maximum absolute atomic E-state index is 12.3. The van der Waals surface area contributed by atoms with Gasteiger partial charge in [-0.2, -0.15) is 0 Å². The van der Waals surface area contributed by atoms with Crippen molar-refractivity contribution in [1.29, 1.82) is 0 Å². The van der Waals surface area contributed by atoms with Crippen LogP contribution in [0.3, 0.4) is 0 Å². The van der Waals surface area contributed by atoms with Crippen LogP contribution in [0, 0.1) is 12.8 Å². The van der Waals surface area contributed by atoms with Crippen LogP contribution in [0.5, 0.6) is 0 Å². The molecule has 1 aromatic rings. The van der Waals surface area contributed by atoms with Crippen LogP contribution in [0.4, 0.5) is 0 Å². The Hall–Kier alpha value is -0.350. The van der Waals surface area contributed by atoms with E-state index in [1.807, 2.05) is 17.9 Å². The summed E-state index contributed by atoms with van der Waals surface area (Å²) in [7, 11) is 0. The lowest BCUT2D eigenvalue weighted by Crippen LogP contribution is -2.33. The maximum atomic E-state index is 12.3.